The summed E-state index contributed by atoms with van der Waals surface area (Å²) in [5.41, 5.74) is 0.464. The number of piperidine rings is 1. The number of nitrogens with zero attached hydrogens (tertiary/aromatic N) is 3. The Morgan fingerprint density at radius 3 is 2.41 bits per heavy atom. The minimum atomic E-state index is 0.0586. The van der Waals surface area contributed by atoms with Gasteiger partial charge in [0, 0.05) is 25.5 Å². The molecule has 1 aromatic heterocycles. The van der Waals surface area contributed by atoms with Gasteiger partial charge in [-0.3, -0.25) is 4.57 Å². The van der Waals surface area contributed by atoms with Crippen molar-refractivity contribution in [3.63, 3.8) is 0 Å². The van der Waals surface area contributed by atoms with Crippen LogP contribution in [0.2, 0.25) is 0 Å². The highest BCUT2D eigenvalue weighted by molar-refractivity contribution is 5.76. The quantitative estimate of drug-likeness (QED) is 0.790. The Bertz CT molecular complexity index is 358. The van der Waals surface area contributed by atoms with Gasteiger partial charge in [-0.05, 0) is 18.3 Å². The number of carbonyl (C=O) groups is 1. The number of amides is 1. The lowest BCUT2D eigenvalue weighted by molar-refractivity contribution is 0.109. The molecule has 0 atom stereocenters. The van der Waals surface area contributed by atoms with Gasteiger partial charge < -0.3 is 4.90 Å². The van der Waals surface area contributed by atoms with Crippen LogP contribution in [-0.4, -0.2) is 33.6 Å². The van der Waals surface area contributed by atoms with E-state index < -0.39 is 0 Å². The van der Waals surface area contributed by atoms with Crippen LogP contribution in [0.15, 0.2) is 18.7 Å². The average molecular weight is 235 g/mol. The van der Waals surface area contributed by atoms with Crippen LogP contribution < -0.4 is 0 Å². The fraction of sp³-hybridized carbons (Fsp3) is 0.692. The highest BCUT2D eigenvalue weighted by atomic mass is 16.2. The van der Waals surface area contributed by atoms with E-state index in [1.807, 2.05) is 4.90 Å². The third-order valence-corrected chi connectivity index (χ3v) is 4.32. The summed E-state index contributed by atoms with van der Waals surface area (Å²) in [7, 11) is 0. The SMILES string of the molecule is CCC1(CC)CCN(C(=O)n2ccnc2)CC1. The van der Waals surface area contributed by atoms with Crippen molar-refractivity contribution < 1.29 is 4.79 Å². The highest BCUT2D eigenvalue weighted by Gasteiger charge is 2.33. The number of hydrogen-bond donors (Lipinski definition) is 0. The molecule has 1 saturated heterocycles. The number of likely N-dealkylation sites (tertiary alicyclic amines) is 1. The molecular weight excluding hydrogens is 214 g/mol. The van der Waals surface area contributed by atoms with E-state index >= 15 is 0 Å². The second-order valence-corrected chi connectivity index (χ2v) is 4.95. The summed E-state index contributed by atoms with van der Waals surface area (Å²) in [6, 6.07) is 0.0586. The number of hydrogen-bond acceptors (Lipinski definition) is 2. The van der Waals surface area contributed by atoms with Crippen LogP contribution in [-0.2, 0) is 0 Å². The van der Waals surface area contributed by atoms with Crippen molar-refractivity contribution in [3.8, 4) is 0 Å². The lowest BCUT2D eigenvalue weighted by atomic mass is 9.74. The van der Waals surface area contributed by atoms with E-state index in [1.165, 1.54) is 12.8 Å². The number of aromatic nitrogens is 2. The maximum absolute atomic E-state index is 12.1. The van der Waals surface area contributed by atoms with Crippen molar-refractivity contribution in [2.24, 2.45) is 5.41 Å². The van der Waals surface area contributed by atoms with Gasteiger partial charge in [0.15, 0.2) is 0 Å². The molecule has 0 aliphatic carbocycles. The summed E-state index contributed by atoms with van der Waals surface area (Å²) in [4.78, 5) is 17.9. The van der Waals surface area contributed by atoms with Gasteiger partial charge in [-0.25, -0.2) is 9.78 Å². The topological polar surface area (TPSA) is 38.1 Å². The maximum atomic E-state index is 12.1. The zero-order valence-electron chi connectivity index (χ0n) is 10.7. The van der Waals surface area contributed by atoms with E-state index in [1.54, 1.807) is 23.3 Å². The smallest absolute Gasteiger partial charge is 0.324 e. The minimum absolute atomic E-state index is 0.0586. The van der Waals surface area contributed by atoms with Crippen molar-refractivity contribution >= 4 is 6.03 Å². The lowest BCUT2D eigenvalue weighted by Gasteiger charge is -2.40. The van der Waals surface area contributed by atoms with Crippen LogP contribution in [0.3, 0.4) is 0 Å². The predicted molar refractivity (Wildman–Crippen MR) is 66.8 cm³/mol. The molecule has 0 aromatic carbocycles. The van der Waals surface area contributed by atoms with Crippen molar-refractivity contribution in [2.75, 3.05) is 13.1 Å². The molecule has 2 rings (SSSR count). The maximum Gasteiger partial charge on any atom is 0.329 e. The van der Waals surface area contributed by atoms with E-state index in [0.29, 0.717) is 5.41 Å². The molecule has 1 aromatic rings. The summed E-state index contributed by atoms with van der Waals surface area (Å²) in [5.74, 6) is 0. The number of rotatable bonds is 2. The van der Waals surface area contributed by atoms with Gasteiger partial charge in [0.1, 0.15) is 6.33 Å². The first kappa shape index (κ1) is 12.1. The van der Waals surface area contributed by atoms with Crippen molar-refractivity contribution in [1.82, 2.24) is 14.5 Å². The van der Waals surface area contributed by atoms with Crippen LogP contribution in [0, 0.1) is 5.41 Å². The fourth-order valence-corrected chi connectivity index (χ4v) is 2.67. The standard InChI is InChI=1S/C13H21N3O/c1-3-13(4-2)5-8-15(9-6-13)12(17)16-10-7-14-11-16/h7,10-11H,3-6,8-9H2,1-2H3. The monoisotopic (exact) mass is 235 g/mol. The number of imidazole rings is 1. The van der Waals surface area contributed by atoms with Crippen LogP contribution >= 0.6 is 0 Å². The Morgan fingerprint density at radius 1 is 1.29 bits per heavy atom. The summed E-state index contributed by atoms with van der Waals surface area (Å²) < 4.78 is 1.56. The molecule has 0 N–H and O–H groups in total. The van der Waals surface area contributed by atoms with Crippen LogP contribution in [0.4, 0.5) is 4.79 Å². The normalized spacial score (nSPS) is 19.3. The molecule has 0 bridgehead atoms. The first-order valence-corrected chi connectivity index (χ1v) is 6.48. The summed E-state index contributed by atoms with van der Waals surface area (Å²) in [6.07, 6.45) is 9.62. The predicted octanol–water partition coefficient (Wildman–Crippen LogP) is 2.75. The Kier molecular flexibility index (Phi) is 3.50. The molecule has 0 radical (unpaired) electrons. The molecule has 4 heteroatoms. The molecule has 0 spiro atoms. The first-order valence-electron chi connectivity index (χ1n) is 6.48. The second kappa shape index (κ2) is 4.90. The van der Waals surface area contributed by atoms with Gasteiger partial charge in [0.05, 0.1) is 0 Å². The zero-order chi connectivity index (χ0) is 12.3. The zero-order valence-corrected chi connectivity index (χ0v) is 10.7. The second-order valence-electron chi connectivity index (χ2n) is 4.95. The van der Waals surface area contributed by atoms with Gasteiger partial charge in [0.25, 0.3) is 0 Å². The molecule has 1 aliphatic heterocycles. The van der Waals surface area contributed by atoms with Gasteiger partial charge >= 0.3 is 6.03 Å². The molecule has 94 valence electrons. The molecule has 17 heavy (non-hydrogen) atoms. The van der Waals surface area contributed by atoms with E-state index in [0.717, 1.165) is 25.9 Å². The molecule has 2 heterocycles. The van der Waals surface area contributed by atoms with Gasteiger partial charge in [-0.15, -0.1) is 0 Å². The van der Waals surface area contributed by atoms with Crippen LogP contribution in [0.25, 0.3) is 0 Å². The Hall–Kier alpha value is -1.32. The Balaban J connectivity index is 1.97. The van der Waals surface area contributed by atoms with Gasteiger partial charge in [-0.1, -0.05) is 26.7 Å². The lowest BCUT2D eigenvalue weighted by Crippen LogP contribution is -2.44. The van der Waals surface area contributed by atoms with E-state index in [-0.39, 0.29) is 6.03 Å². The Labute approximate surface area is 103 Å². The third-order valence-electron chi connectivity index (χ3n) is 4.32. The summed E-state index contributed by atoms with van der Waals surface area (Å²) in [5, 5.41) is 0. The molecule has 4 nitrogen and oxygen atoms in total. The van der Waals surface area contributed by atoms with Gasteiger partial charge in [-0.2, -0.15) is 0 Å². The number of carbonyl (C=O) groups excluding carboxylic acids is 1. The van der Waals surface area contributed by atoms with Crippen LogP contribution in [0.5, 0.6) is 0 Å². The van der Waals surface area contributed by atoms with Crippen molar-refractivity contribution in [1.29, 1.82) is 0 Å². The van der Waals surface area contributed by atoms with E-state index in [9.17, 15) is 4.79 Å². The highest BCUT2D eigenvalue weighted by Crippen LogP contribution is 2.37. The largest absolute Gasteiger partial charge is 0.329 e. The molecule has 0 unspecified atom stereocenters. The van der Waals surface area contributed by atoms with Crippen LogP contribution in [0.1, 0.15) is 39.5 Å². The third kappa shape index (κ3) is 2.35. The van der Waals surface area contributed by atoms with Crippen molar-refractivity contribution in [2.45, 2.75) is 39.5 Å². The first-order chi connectivity index (χ1) is 8.21. The molecule has 1 fully saturated rings. The molecular formula is C13H21N3O. The van der Waals surface area contributed by atoms with Crippen molar-refractivity contribution in [3.05, 3.63) is 18.7 Å². The average Bonchev–Trinajstić information content (AvgIpc) is 2.92. The summed E-state index contributed by atoms with van der Waals surface area (Å²) in [6.45, 7) is 6.27. The fourth-order valence-electron chi connectivity index (χ4n) is 2.67. The van der Waals surface area contributed by atoms with Gasteiger partial charge in [0.2, 0.25) is 0 Å². The molecule has 1 aliphatic rings. The Morgan fingerprint density at radius 2 is 1.94 bits per heavy atom. The molecule has 1 amide bonds. The summed E-state index contributed by atoms with van der Waals surface area (Å²) >= 11 is 0. The molecule has 0 saturated carbocycles. The van der Waals surface area contributed by atoms with E-state index in [2.05, 4.69) is 18.8 Å². The van der Waals surface area contributed by atoms with E-state index in [4.69, 9.17) is 0 Å². The minimum Gasteiger partial charge on any atom is -0.324 e.